The third-order valence-electron chi connectivity index (χ3n) is 21.6. The van der Waals surface area contributed by atoms with E-state index in [1.165, 1.54) is 22.3 Å². The van der Waals surface area contributed by atoms with Crippen LogP contribution in [0, 0.1) is 0 Å². The first-order valence-corrected chi connectivity index (χ1v) is 38.0. The molecule has 0 radical (unpaired) electrons. The highest BCUT2D eigenvalue weighted by Crippen LogP contribution is 2.42. The molecule has 0 spiro atoms. The number of aromatic nitrogens is 6. The average molecular weight is 1460 g/mol. The second kappa shape index (κ2) is 31.1. The summed E-state index contributed by atoms with van der Waals surface area (Å²) >= 11 is 6.23. The van der Waals surface area contributed by atoms with Crippen molar-refractivity contribution in [3.63, 3.8) is 0 Å². The molecule has 0 unspecified atom stereocenters. The smallest absolute Gasteiger partial charge is 0.399 e. The van der Waals surface area contributed by atoms with Crippen LogP contribution < -0.4 is 10.9 Å². The summed E-state index contributed by atoms with van der Waals surface area (Å²) in [4.78, 5) is 29.7. The fourth-order valence-corrected chi connectivity index (χ4v) is 14.2. The second-order valence-electron chi connectivity index (χ2n) is 29.9. The van der Waals surface area contributed by atoms with Crippen molar-refractivity contribution in [3.05, 3.63) is 351 Å². The predicted molar refractivity (Wildman–Crippen MR) is 457 cm³/mol. The van der Waals surface area contributed by atoms with Gasteiger partial charge in [0.1, 0.15) is 5.15 Å². The Labute approximate surface area is 655 Å². The van der Waals surface area contributed by atoms with E-state index < -0.39 is 14.2 Å². The van der Waals surface area contributed by atoms with Crippen molar-refractivity contribution in [2.24, 2.45) is 0 Å². The van der Waals surface area contributed by atoms with Gasteiger partial charge in [0.25, 0.3) is 0 Å². The van der Waals surface area contributed by atoms with E-state index >= 15 is 0 Å². The molecule has 16 aromatic rings. The Morgan fingerprint density at radius 3 is 0.757 bits per heavy atom. The SMILES string of the molecule is CC1(C)OB(c2cccc3c(B4OC(C)(C)C(C)(C)O4)cccc23)OC1(C)C.Clc1cc(-c2ccc(-c3ccccc3)cc2)nc(-c2ccccc2)n1.c1ccc(-c2ccc(-c3cc(-c4cccc5c(-c6cc(-c7ccc(-c8ccccc8)cc7)nc(-c7ccccc7)n6)cccc45)nc(-c4ccccc4)n3)cc2)cc1. The first kappa shape index (κ1) is 73.0. The van der Waals surface area contributed by atoms with Gasteiger partial charge in [-0.1, -0.05) is 339 Å². The van der Waals surface area contributed by atoms with E-state index in [0.29, 0.717) is 22.6 Å². The summed E-state index contributed by atoms with van der Waals surface area (Å²) in [5.74, 6) is 1.99. The number of halogens is 1. The number of fused-ring (bicyclic) bond motifs is 2. The third-order valence-corrected chi connectivity index (χ3v) is 21.8. The molecule has 2 aliphatic rings. The number of benzene rings is 13. The highest BCUT2D eigenvalue weighted by molar-refractivity contribution is 6.68. The molecule has 5 heterocycles. The minimum atomic E-state index is -0.401. The van der Waals surface area contributed by atoms with Gasteiger partial charge in [-0.2, -0.15) is 0 Å². The van der Waals surface area contributed by atoms with Gasteiger partial charge in [0.2, 0.25) is 0 Å². The van der Waals surface area contributed by atoms with E-state index in [-0.39, 0.29) is 22.4 Å². The summed E-state index contributed by atoms with van der Waals surface area (Å²) in [7, 11) is -0.801. The Morgan fingerprint density at radius 1 is 0.216 bits per heavy atom. The summed E-state index contributed by atoms with van der Waals surface area (Å²) in [5, 5.41) is 4.81. The quantitative estimate of drug-likeness (QED) is 0.0816. The zero-order valence-electron chi connectivity index (χ0n) is 63.3. The Kier molecular flexibility index (Phi) is 20.5. The summed E-state index contributed by atoms with van der Waals surface area (Å²) in [6.45, 7) is 16.6. The molecule has 2 saturated heterocycles. The van der Waals surface area contributed by atoms with Crippen molar-refractivity contribution in [2.45, 2.75) is 77.8 Å². The Morgan fingerprint density at radius 2 is 0.450 bits per heavy atom. The maximum absolute atomic E-state index is 6.31. The predicted octanol–water partition coefficient (Wildman–Crippen LogP) is 23.3. The Hall–Kier alpha value is -12.1. The Balaban J connectivity index is 0.000000146. The average Bonchev–Trinajstić information content (AvgIpc) is 1.65. The van der Waals surface area contributed by atoms with Crippen molar-refractivity contribution < 1.29 is 18.6 Å². The molecule has 0 bridgehead atoms. The van der Waals surface area contributed by atoms with Crippen LogP contribution in [-0.2, 0) is 18.6 Å². The first-order valence-electron chi connectivity index (χ1n) is 37.6. The monoisotopic (exact) mass is 1460 g/mol. The van der Waals surface area contributed by atoms with Crippen LogP contribution in [0.3, 0.4) is 0 Å². The zero-order valence-corrected chi connectivity index (χ0v) is 64.0. The van der Waals surface area contributed by atoms with Crippen LogP contribution in [-0.4, -0.2) is 66.5 Å². The van der Waals surface area contributed by atoms with Gasteiger partial charge < -0.3 is 18.6 Å². The number of hydrogen-bond acceptors (Lipinski definition) is 10. The molecule has 18 rings (SSSR count). The van der Waals surface area contributed by atoms with E-state index in [0.717, 1.165) is 117 Å². The molecule has 0 atom stereocenters. The number of rotatable bonds is 13. The van der Waals surface area contributed by atoms with Crippen molar-refractivity contribution in [1.29, 1.82) is 0 Å². The Bertz CT molecular complexity index is 5650. The van der Waals surface area contributed by atoms with E-state index in [1.54, 1.807) is 6.07 Å². The zero-order chi connectivity index (χ0) is 76.3. The number of hydrogen-bond donors (Lipinski definition) is 0. The fourth-order valence-electron chi connectivity index (χ4n) is 14.0. The van der Waals surface area contributed by atoms with Crippen LogP contribution in [0.1, 0.15) is 55.4 Å². The lowest BCUT2D eigenvalue weighted by Crippen LogP contribution is -2.41. The molecule has 0 amide bonds. The molecule has 3 aromatic heterocycles. The maximum Gasteiger partial charge on any atom is 0.495 e. The molecular formula is C98H81B2ClN6O4. The van der Waals surface area contributed by atoms with Crippen molar-refractivity contribution in [1.82, 2.24) is 29.9 Å². The standard InChI is InChI=1S/C54H36N4.C22H30B2O4.C22H15ClN2/c1-5-15-37(16-6-1)39-27-31-41(32-28-39)49-35-51(57-53(55-49)43-19-9-3-10-20-43)47-25-13-24-46-45(47)23-14-26-48(46)52-36-50(56-54(58-52)44-21-11-4-12-22-44)42-33-29-40(30-34-42)38-17-7-2-8-18-38;1-19(2)20(3,4)26-23(25-19)17-13-9-12-16-15(17)11-10-14-18(16)24-27-21(5,6)22(7,8)28-24;23-21-15-20(24-22(25-21)19-9-5-2-6-10-19)18-13-11-17(12-14-18)16-7-3-1-4-8-16/h1-36H;9-14H,1-8H3;1-15H. The highest BCUT2D eigenvalue weighted by Gasteiger charge is 2.54. The summed E-state index contributed by atoms with van der Waals surface area (Å²) in [6.07, 6.45) is 0. The van der Waals surface area contributed by atoms with Crippen LogP contribution in [0.15, 0.2) is 346 Å². The van der Waals surface area contributed by atoms with Gasteiger partial charge in [-0.05, 0) is 133 Å². The molecule has 13 heteroatoms. The first-order chi connectivity index (χ1) is 53.9. The van der Waals surface area contributed by atoms with Gasteiger partial charge in [0.15, 0.2) is 17.5 Å². The van der Waals surface area contributed by atoms with Crippen LogP contribution >= 0.6 is 11.6 Å². The van der Waals surface area contributed by atoms with E-state index in [9.17, 15) is 0 Å². The van der Waals surface area contributed by atoms with Gasteiger partial charge in [-0.15, -0.1) is 0 Å². The highest BCUT2D eigenvalue weighted by atomic mass is 35.5. The van der Waals surface area contributed by atoms with Crippen LogP contribution in [0.4, 0.5) is 0 Å². The molecule has 13 aromatic carbocycles. The topological polar surface area (TPSA) is 114 Å². The van der Waals surface area contributed by atoms with Crippen molar-refractivity contribution in [3.8, 4) is 124 Å². The van der Waals surface area contributed by atoms with Crippen LogP contribution in [0.5, 0.6) is 0 Å². The molecule has 0 saturated carbocycles. The summed E-state index contributed by atoms with van der Waals surface area (Å²) in [6, 6.07) is 118. The molecule has 2 fully saturated rings. The molecule has 0 N–H and O–H groups in total. The minimum absolute atomic E-state index is 0.372. The summed E-state index contributed by atoms with van der Waals surface area (Å²) < 4.78 is 25.2. The van der Waals surface area contributed by atoms with E-state index in [1.807, 2.05) is 97.1 Å². The van der Waals surface area contributed by atoms with Gasteiger partial charge in [0.05, 0.1) is 50.9 Å². The fraction of sp³-hybridized carbons (Fsp3) is 0.122. The summed E-state index contributed by atoms with van der Waals surface area (Å²) in [5.41, 5.74) is 19.9. The third kappa shape index (κ3) is 15.6. The van der Waals surface area contributed by atoms with E-state index in [2.05, 4.69) is 308 Å². The normalized spacial score (nSPS) is 14.5. The molecule has 0 aliphatic carbocycles. The molecule has 10 nitrogen and oxygen atoms in total. The van der Waals surface area contributed by atoms with Crippen molar-refractivity contribution in [2.75, 3.05) is 0 Å². The van der Waals surface area contributed by atoms with Gasteiger partial charge in [0, 0.05) is 50.6 Å². The lowest BCUT2D eigenvalue weighted by molar-refractivity contribution is 0.00578. The lowest BCUT2D eigenvalue weighted by Gasteiger charge is -2.32. The van der Waals surface area contributed by atoms with Gasteiger partial charge in [-0.25, -0.2) is 29.9 Å². The number of nitrogens with zero attached hydrogens (tertiary/aromatic N) is 6. The van der Waals surface area contributed by atoms with E-state index in [4.69, 9.17) is 50.2 Å². The van der Waals surface area contributed by atoms with Crippen LogP contribution in [0.2, 0.25) is 5.15 Å². The molecule has 111 heavy (non-hydrogen) atoms. The largest absolute Gasteiger partial charge is 0.495 e. The molecular weight excluding hydrogens is 1380 g/mol. The lowest BCUT2D eigenvalue weighted by atomic mass is 9.71. The minimum Gasteiger partial charge on any atom is -0.399 e. The van der Waals surface area contributed by atoms with Crippen molar-refractivity contribution >= 4 is 58.3 Å². The molecule has 2 aliphatic heterocycles. The van der Waals surface area contributed by atoms with Gasteiger partial charge in [-0.3, -0.25) is 0 Å². The molecule has 540 valence electrons. The van der Waals surface area contributed by atoms with Gasteiger partial charge >= 0.3 is 14.2 Å². The second-order valence-corrected chi connectivity index (χ2v) is 30.3. The maximum atomic E-state index is 6.31. The van der Waals surface area contributed by atoms with Crippen LogP contribution in [0.25, 0.3) is 145 Å².